The van der Waals surface area contributed by atoms with Gasteiger partial charge in [-0.3, -0.25) is 10.2 Å². The number of hydrogen-bond donors (Lipinski definition) is 3. The Hall–Kier alpha value is -5.00. The van der Waals surface area contributed by atoms with E-state index in [0.717, 1.165) is 11.3 Å². The standard InChI is InChI=1S/C28H24N6O4S/c1-38-24-15-17-25(18-16-24)39(36,37)33-31-27(35)21-11-8-12-22(19-21)29-28-30-26(20-9-4-2-5-10-20)34(32-28)23-13-6-3-7-14-23/h2-19,33H,1H3,(H,29,32)(H,31,35). The van der Waals surface area contributed by atoms with Gasteiger partial charge in [-0.1, -0.05) is 54.6 Å². The van der Waals surface area contributed by atoms with Crippen molar-refractivity contribution < 1.29 is 17.9 Å². The van der Waals surface area contributed by atoms with E-state index in [2.05, 4.69) is 25.7 Å². The molecular weight excluding hydrogens is 516 g/mol. The number of hydrazine groups is 1. The summed E-state index contributed by atoms with van der Waals surface area (Å²) in [5, 5.41) is 7.77. The largest absolute Gasteiger partial charge is 0.497 e. The Morgan fingerprint density at radius 3 is 2.23 bits per heavy atom. The molecule has 1 aromatic heterocycles. The van der Waals surface area contributed by atoms with Crippen molar-refractivity contribution in [1.82, 2.24) is 25.0 Å². The van der Waals surface area contributed by atoms with Crippen LogP contribution in [0.15, 0.2) is 114 Å². The van der Waals surface area contributed by atoms with E-state index in [1.807, 2.05) is 60.7 Å². The van der Waals surface area contributed by atoms with E-state index in [1.54, 1.807) is 28.9 Å². The lowest BCUT2D eigenvalue weighted by Gasteiger charge is -2.10. The molecule has 0 bridgehead atoms. The predicted octanol–water partition coefficient (Wildman–Crippen LogP) is 4.31. The first kappa shape index (κ1) is 25.6. The summed E-state index contributed by atoms with van der Waals surface area (Å²) in [5.74, 6) is 0.853. The molecule has 0 radical (unpaired) electrons. The number of ether oxygens (including phenoxy) is 1. The fourth-order valence-electron chi connectivity index (χ4n) is 3.76. The van der Waals surface area contributed by atoms with Crippen LogP contribution in [0.2, 0.25) is 0 Å². The van der Waals surface area contributed by atoms with Crippen molar-refractivity contribution in [3.63, 3.8) is 0 Å². The summed E-state index contributed by atoms with van der Waals surface area (Å²) in [4.78, 5) is 19.5. The highest BCUT2D eigenvalue weighted by atomic mass is 32.2. The van der Waals surface area contributed by atoms with E-state index in [-0.39, 0.29) is 10.5 Å². The lowest BCUT2D eigenvalue weighted by atomic mass is 10.2. The number of para-hydroxylation sites is 1. The van der Waals surface area contributed by atoms with Gasteiger partial charge in [0, 0.05) is 16.8 Å². The Bertz CT molecular complexity index is 1630. The Labute approximate surface area is 225 Å². The number of hydrogen-bond acceptors (Lipinski definition) is 7. The quantitative estimate of drug-likeness (QED) is 0.238. The van der Waals surface area contributed by atoms with Gasteiger partial charge in [-0.05, 0) is 54.6 Å². The molecular formula is C28H24N6O4S. The van der Waals surface area contributed by atoms with Gasteiger partial charge in [0.05, 0.1) is 17.7 Å². The summed E-state index contributed by atoms with van der Waals surface area (Å²) in [5.41, 5.74) is 4.74. The van der Waals surface area contributed by atoms with Gasteiger partial charge in [0.25, 0.3) is 15.9 Å². The Kier molecular flexibility index (Phi) is 7.34. The zero-order valence-electron chi connectivity index (χ0n) is 20.8. The molecule has 0 spiro atoms. The van der Waals surface area contributed by atoms with E-state index < -0.39 is 15.9 Å². The minimum atomic E-state index is -3.98. The normalized spacial score (nSPS) is 11.1. The highest BCUT2D eigenvalue weighted by Crippen LogP contribution is 2.24. The van der Waals surface area contributed by atoms with E-state index in [4.69, 9.17) is 4.74 Å². The van der Waals surface area contributed by atoms with Gasteiger partial charge in [-0.15, -0.1) is 9.93 Å². The third-order valence-corrected chi connectivity index (χ3v) is 6.95. The van der Waals surface area contributed by atoms with Crippen LogP contribution in [0.5, 0.6) is 5.75 Å². The molecule has 0 unspecified atom stereocenters. The number of aromatic nitrogens is 3. The van der Waals surface area contributed by atoms with E-state index in [9.17, 15) is 13.2 Å². The summed E-state index contributed by atoms with van der Waals surface area (Å²) in [6.07, 6.45) is 0. The number of anilines is 2. The van der Waals surface area contributed by atoms with Crippen LogP contribution < -0.4 is 20.3 Å². The molecule has 0 saturated heterocycles. The molecule has 10 nitrogen and oxygen atoms in total. The highest BCUT2D eigenvalue weighted by molar-refractivity contribution is 7.89. The molecule has 4 aromatic carbocycles. The average molecular weight is 541 g/mol. The number of carbonyl (C=O) groups excluding carboxylic acids is 1. The van der Waals surface area contributed by atoms with Crippen molar-refractivity contribution in [2.24, 2.45) is 0 Å². The lowest BCUT2D eigenvalue weighted by Crippen LogP contribution is -2.41. The summed E-state index contributed by atoms with van der Waals surface area (Å²) in [6.45, 7) is 0. The first-order valence-corrected chi connectivity index (χ1v) is 13.3. The molecule has 3 N–H and O–H groups in total. The predicted molar refractivity (Wildman–Crippen MR) is 147 cm³/mol. The zero-order valence-corrected chi connectivity index (χ0v) is 21.6. The fraction of sp³-hybridized carbons (Fsp3) is 0.0357. The number of nitrogens with one attached hydrogen (secondary N) is 3. The van der Waals surface area contributed by atoms with Crippen molar-refractivity contribution in [1.29, 1.82) is 0 Å². The second-order valence-corrected chi connectivity index (χ2v) is 10.00. The van der Waals surface area contributed by atoms with Gasteiger partial charge in [-0.2, -0.15) is 4.98 Å². The van der Waals surface area contributed by atoms with Gasteiger partial charge < -0.3 is 10.1 Å². The second kappa shape index (κ2) is 11.2. The van der Waals surface area contributed by atoms with Crippen LogP contribution in [0.1, 0.15) is 10.4 Å². The van der Waals surface area contributed by atoms with Crippen LogP contribution in [-0.2, 0) is 10.0 Å². The third-order valence-electron chi connectivity index (χ3n) is 5.69. The number of carbonyl (C=O) groups is 1. The summed E-state index contributed by atoms with van der Waals surface area (Å²) in [6, 6.07) is 31.7. The van der Waals surface area contributed by atoms with Crippen molar-refractivity contribution in [2.75, 3.05) is 12.4 Å². The molecule has 0 aliphatic heterocycles. The third kappa shape index (κ3) is 5.95. The Morgan fingerprint density at radius 1 is 0.846 bits per heavy atom. The molecule has 196 valence electrons. The molecule has 1 amide bonds. The molecule has 5 aromatic rings. The van der Waals surface area contributed by atoms with E-state index >= 15 is 0 Å². The van der Waals surface area contributed by atoms with Gasteiger partial charge in [0.2, 0.25) is 5.95 Å². The van der Waals surface area contributed by atoms with Crippen molar-refractivity contribution >= 4 is 27.6 Å². The molecule has 1 heterocycles. The topological polar surface area (TPSA) is 127 Å². The first-order chi connectivity index (χ1) is 18.9. The number of rotatable bonds is 9. The van der Waals surface area contributed by atoms with Crippen molar-refractivity contribution in [3.05, 3.63) is 115 Å². The number of methoxy groups -OCH3 is 1. The highest BCUT2D eigenvalue weighted by Gasteiger charge is 2.17. The Morgan fingerprint density at radius 2 is 1.54 bits per heavy atom. The van der Waals surface area contributed by atoms with Gasteiger partial charge in [-0.25, -0.2) is 13.1 Å². The molecule has 39 heavy (non-hydrogen) atoms. The van der Waals surface area contributed by atoms with Crippen LogP contribution in [0.25, 0.3) is 17.1 Å². The van der Waals surface area contributed by atoms with E-state index in [0.29, 0.717) is 23.2 Å². The molecule has 0 aliphatic rings. The maximum Gasteiger partial charge on any atom is 0.266 e. The number of nitrogens with zero attached hydrogens (tertiary/aromatic N) is 3. The lowest BCUT2D eigenvalue weighted by molar-refractivity contribution is 0.0945. The average Bonchev–Trinajstić information content (AvgIpc) is 3.41. The van der Waals surface area contributed by atoms with Gasteiger partial charge >= 0.3 is 0 Å². The van der Waals surface area contributed by atoms with Crippen LogP contribution in [0.3, 0.4) is 0 Å². The van der Waals surface area contributed by atoms with E-state index in [1.165, 1.54) is 31.4 Å². The van der Waals surface area contributed by atoms with Gasteiger partial charge in [0.1, 0.15) is 5.75 Å². The molecule has 0 fully saturated rings. The van der Waals surface area contributed by atoms with Crippen LogP contribution in [-0.4, -0.2) is 36.2 Å². The van der Waals surface area contributed by atoms with Gasteiger partial charge in [0.15, 0.2) is 5.82 Å². The maximum absolute atomic E-state index is 12.7. The van der Waals surface area contributed by atoms with Crippen LogP contribution in [0, 0.1) is 0 Å². The number of sulfonamides is 1. The SMILES string of the molecule is COc1ccc(S(=O)(=O)NNC(=O)c2cccc(Nc3nc(-c4ccccc4)n(-c4ccccc4)n3)c2)cc1. The minimum Gasteiger partial charge on any atom is -0.497 e. The molecule has 0 saturated carbocycles. The van der Waals surface area contributed by atoms with Crippen LogP contribution in [0.4, 0.5) is 11.6 Å². The smallest absolute Gasteiger partial charge is 0.266 e. The van der Waals surface area contributed by atoms with Crippen LogP contribution >= 0.6 is 0 Å². The zero-order chi connectivity index (χ0) is 27.2. The maximum atomic E-state index is 12.7. The van der Waals surface area contributed by atoms with Crippen molar-refractivity contribution in [2.45, 2.75) is 4.90 Å². The fourth-order valence-corrected chi connectivity index (χ4v) is 4.59. The number of amides is 1. The second-order valence-electron chi connectivity index (χ2n) is 8.31. The summed E-state index contributed by atoms with van der Waals surface area (Å²) >= 11 is 0. The monoisotopic (exact) mass is 540 g/mol. The first-order valence-electron chi connectivity index (χ1n) is 11.8. The number of benzene rings is 4. The molecule has 11 heteroatoms. The molecule has 5 rings (SSSR count). The van der Waals surface area contributed by atoms with Crippen molar-refractivity contribution in [3.8, 4) is 22.8 Å². The molecule has 0 aliphatic carbocycles. The molecule has 0 atom stereocenters. The Balaban J connectivity index is 1.33. The minimum absolute atomic E-state index is 0.0201. The summed E-state index contributed by atoms with van der Waals surface area (Å²) < 4.78 is 31.9. The summed E-state index contributed by atoms with van der Waals surface area (Å²) in [7, 11) is -2.49.